The van der Waals surface area contributed by atoms with Crippen molar-refractivity contribution >= 4 is 5.91 Å². The number of carbonyl (C=O) groups is 1. The molecule has 3 aromatic rings. The zero-order chi connectivity index (χ0) is 18.8. The van der Waals surface area contributed by atoms with Gasteiger partial charge in [0.05, 0.1) is 13.1 Å². The average molecular weight is 365 g/mol. The molecule has 0 unspecified atom stereocenters. The molecular weight excluding hydrogens is 349 g/mol. The highest BCUT2D eigenvalue weighted by atomic mass is 19.1. The smallest absolute Gasteiger partial charge is 0.293 e. The Hall–Kier alpha value is -3.48. The predicted molar refractivity (Wildman–Crippen MR) is 96.9 cm³/mol. The zero-order valence-electron chi connectivity index (χ0n) is 14.3. The highest BCUT2D eigenvalue weighted by Gasteiger charge is 2.24. The summed E-state index contributed by atoms with van der Waals surface area (Å²) in [6.07, 6.45) is 0. The summed E-state index contributed by atoms with van der Waals surface area (Å²) < 4.78 is 19.0. The molecule has 0 saturated heterocycles. The fourth-order valence-electron chi connectivity index (χ4n) is 2.99. The van der Waals surface area contributed by atoms with Gasteiger partial charge in [-0.2, -0.15) is 0 Å². The first kappa shape index (κ1) is 17.0. The number of aromatic amines is 1. The van der Waals surface area contributed by atoms with Gasteiger partial charge in [0.2, 0.25) is 5.75 Å². The molecule has 2 aromatic carbocycles. The second kappa shape index (κ2) is 7.03. The van der Waals surface area contributed by atoms with Crippen LogP contribution < -0.4 is 10.3 Å². The number of nitrogens with zero attached hydrogens (tertiary/aromatic N) is 2. The van der Waals surface area contributed by atoms with E-state index in [0.29, 0.717) is 11.5 Å². The molecule has 0 saturated carbocycles. The minimum atomic E-state index is -0.478. The number of H-pyrrole nitrogens is 1. The number of carbonyl (C=O) groups excluding carboxylic acids is 1. The Labute approximate surface area is 154 Å². The molecule has 1 aliphatic heterocycles. The quantitative estimate of drug-likeness (QED) is 0.758. The van der Waals surface area contributed by atoms with E-state index in [4.69, 9.17) is 4.74 Å². The summed E-state index contributed by atoms with van der Waals surface area (Å²) in [5, 5.41) is 0. The first-order valence-corrected chi connectivity index (χ1v) is 8.48. The first-order chi connectivity index (χ1) is 13.1. The van der Waals surface area contributed by atoms with Crippen molar-refractivity contribution in [2.24, 2.45) is 0 Å². The van der Waals surface area contributed by atoms with Gasteiger partial charge in [0, 0.05) is 11.1 Å². The number of benzene rings is 2. The lowest BCUT2D eigenvalue weighted by atomic mass is 10.2. The van der Waals surface area contributed by atoms with Gasteiger partial charge in [0.25, 0.3) is 11.5 Å². The van der Waals surface area contributed by atoms with Crippen molar-refractivity contribution < 1.29 is 13.9 Å². The number of rotatable bonds is 2. The minimum absolute atomic E-state index is 0.106. The SMILES string of the molecule is O=C(c1cccc(F)c1)N1CCOc2c(nc(-c3ccccc3)[nH]c2=O)C1. The number of fused-ring (bicyclic) bond motifs is 1. The van der Waals surface area contributed by atoms with Crippen LogP contribution in [-0.4, -0.2) is 33.9 Å². The predicted octanol–water partition coefficient (Wildman–Crippen LogP) is 2.61. The van der Waals surface area contributed by atoms with Gasteiger partial charge in [0.1, 0.15) is 23.9 Å². The fraction of sp³-hybridized carbons (Fsp3) is 0.150. The third-order valence-corrected chi connectivity index (χ3v) is 4.30. The molecule has 0 fully saturated rings. The van der Waals surface area contributed by atoms with E-state index in [-0.39, 0.29) is 42.5 Å². The maximum absolute atomic E-state index is 13.5. The third kappa shape index (κ3) is 3.44. The van der Waals surface area contributed by atoms with Gasteiger partial charge in [-0.1, -0.05) is 36.4 Å². The van der Waals surface area contributed by atoms with E-state index in [2.05, 4.69) is 9.97 Å². The molecule has 2 heterocycles. The van der Waals surface area contributed by atoms with E-state index in [1.54, 1.807) is 6.07 Å². The van der Waals surface area contributed by atoms with Gasteiger partial charge < -0.3 is 14.6 Å². The van der Waals surface area contributed by atoms with Crippen LogP contribution in [0.2, 0.25) is 0 Å². The Kier molecular flexibility index (Phi) is 4.42. The van der Waals surface area contributed by atoms with E-state index < -0.39 is 5.82 Å². The van der Waals surface area contributed by atoms with Crippen LogP contribution in [0, 0.1) is 5.82 Å². The Morgan fingerprint density at radius 1 is 1.15 bits per heavy atom. The molecule has 0 atom stereocenters. The Morgan fingerprint density at radius 2 is 1.96 bits per heavy atom. The molecule has 1 aliphatic rings. The van der Waals surface area contributed by atoms with Crippen molar-refractivity contribution in [1.82, 2.24) is 14.9 Å². The number of nitrogens with one attached hydrogen (secondary N) is 1. The summed E-state index contributed by atoms with van der Waals surface area (Å²) >= 11 is 0. The summed E-state index contributed by atoms with van der Waals surface area (Å²) in [6, 6.07) is 14.7. The van der Waals surface area contributed by atoms with Crippen molar-refractivity contribution in [3.8, 4) is 17.1 Å². The van der Waals surface area contributed by atoms with Gasteiger partial charge in [-0.3, -0.25) is 9.59 Å². The molecule has 0 spiro atoms. The highest BCUT2D eigenvalue weighted by molar-refractivity contribution is 5.94. The van der Waals surface area contributed by atoms with Gasteiger partial charge in [0.15, 0.2) is 0 Å². The maximum Gasteiger partial charge on any atom is 0.293 e. The third-order valence-electron chi connectivity index (χ3n) is 4.30. The van der Waals surface area contributed by atoms with E-state index >= 15 is 0 Å². The summed E-state index contributed by atoms with van der Waals surface area (Å²) in [5.74, 6) is -0.297. The molecule has 0 bridgehead atoms. The van der Waals surface area contributed by atoms with Crippen LogP contribution in [0.3, 0.4) is 0 Å². The summed E-state index contributed by atoms with van der Waals surface area (Å²) in [4.78, 5) is 33.9. The molecule has 4 rings (SSSR count). The van der Waals surface area contributed by atoms with E-state index in [1.807, 2.05) is 30.3 Å². The van der Waals surface area contributed by atoms with Crippen LogP contribution >= 0.6 is 0 Å². The van der Waals surface area contributed by atoms with E-state index in [1.165, 1.54) is 23.1 Å². The number of hydrogen-bond donors (Lipinski definition) is 1. The number of hydrogen-bond acceptors (Lipinski definition) is 4. The maximum atomic E-state index is 13.5. The van der Waals surface area contributed by atoms with E-state index in [0.717, 1.165) is 5.56 Å². The molecule has 27 heavy (non-hydrogen) atoms. The molecule has 0 aliphatic carbocycles. The van der Waals surface area contributed by atoms with Gasteiger partial charge >= 0.3 is 0 Å². The Bertz CT molecular complexity index is 1050. The summed E-state index contributed by atoms with van der Waals surface area (Å²) in [6.45, 7) is 0.531. The van der Waals surface area contributed by atoms with Crippen LogP contribution in [-0.2, 0) is 6.54 Å². The second-order valence-electron chi connectivity index (χ2n) is 6.14. The normalized spacial score (nSPS) is 13.4. The molecular formula is C20H16FN3O3. The molecule has 1 aromatic heterocycles. The van der Waals surface area contributed by atoms with Crippen LogP contribution in [0.25, 0.3) is 11.4 Å². The van der Waals surface area contributed by atoms with Crippen molar-refractivity contribution in [2.75, 3.05) is 13.2 Å². The van der Waals surface area contributed by atoms with Gasteiger partial charge in [-0.05, 0) is 18.2 Å². The lowest BCUT2D eigenvalue weighted by molar-refractivity contribution is 0.0731. The lowest BCUT2D eigenvalue weighted by Gasteiger charge is -2.19. The van der Waals surface area contributed by atoms with Gasteiger partial charge in [-0.25, -0.2) is 9.37 Å². The zero-order valence-corrected chi connectivity index (χ0v) is 14.3. The van der Waals surface area contributed by atoms with Crippen LogP contribution in [0.15, 0.2) is 59.4 Å². The molecule has 1 amide bonds. The molecule has 6 nitrogen and oxygen atoms in total. The molecule has 136 valence electrons. The lowest BCUT2D eigenvalue weighted by Crippen LogP contribution is -2.32. The highest BCUT2D eigenvalue weighted by Crippen LogP contribution is 2.22. The number of halogens is 1. The first-order valence-electron chi connectivity index (χ1n) is 8.48. The van der Waals surface area contributed by atoms with Crippen molar-refractivity contribution in [2.45, 2.75) is 6.54 Å². The number of aromatic nitrogens is 2. The van der Waals surface area contributed by atoms with Crippen molar-refractivity contribution in [1.29, 1.82) is 0 Å². The largest absolute Gasteiger partial charge is 0.485 e. The summed E-state index contributed by atoms with van der Waals surface area (Å²) in [5.41, 5.74) is 0.981. The monoisotopic (exact) mass is 365 g/mol. The topological polar surface area (TPSA) is 75.3 Å². The molecule has 0 radical (unpaired) electrons. The fourth-order valence-corrected chi connectivity index (χ4v) is 2.99. The summed E-state index contributed by atoms with van der Waals surface area (Å²) in [7, 11) is 0. The second-order valence-corrected chi connectivity index (χ2v) is 6.14. The standard InChI is InChI=1S/C20H16FN3O3/c21-15-8-4-7-14(11-15)20(26)24-9-10-27-17-16(12-24)22-18(23-19(17)25)13-5-2-1-3-6-13/h1-8,11H,9-10,12H2,(H,22,23,25). The Balaban J connectivity index is 1.70. The average Bonchev–Trinajstić information content (AvgIpc) is 2.91. The van der Waals surface area contributed by atoms with Crippen LogP contribution in [0.4, 0.5) is 4.39 Å². The Morgan fingerprint density at radius 3 is 2.74 bits per heavy atom. The number of amides is 1. The van der Waals surface area contributed by atoms with Crippen molar-refractivity contribution in [3.05, 3.63) is 82.0 Å². The van der Waals surface area contributed by atoms with E-state index in [9.17, 15) is 14.0 Å². The number of ether oxygens (including phenoxy) is 1. The minimum Gasteiger partial charge on any atom is -0.485 e. The van der Waals surface area contributed by atoms with Crippen LogP contribution in [0.5, 0.6) is 5.75 Å². The molecule has 7 heteroatoms. The van der Waals surface area contributed by atoms with Crippen LogP contribution in [0.1, 0.15) is 16.1 Å². The van der Waals surface area contributed by atoms with Crippen molar-refractivity contribution in [3.63, 3.8) is 0 Å². The van der Waals surface area contributed by atoms with Gasteiger partial charge in [-0.15, -0.1) is 0 Å². The molecule has 1 N–H and O–H groups in total.